The number of hydrogen-bond donors (Lipinski definition) is 1. The van der Waals surface area contributed by atoms with Gasteiger partial charge in [-0.3, -0.25) is 4.98 Å². The lowest BCUT2D eigenvalue weighted by molar-refractivity contribution is -0.137. The van der Waals surface area contributed by atoms with Crippen LogP contribution in [-0.2, 0) is 11.0 Å². The Balaban J connectivity index is 1.39. The number of aldehydes is 1. The molecule has 0 bridgehead atoms. The van der Waals surface area contributed by atoms with Crippen LogP contribution < -0.4 is 15.5 Å². The number of aromatic nitrogens is 1. The molecule has 2 aliphatic rings. The van der Waals surface area contributed by atoms with Gasteiger partial charge >= 0.3 is 12.2 Å². The van der Waals surface area contributed by atoms with Crippen molar-refractivity contribution in [3.8, 4) is 6.07 Å². The summed E-state index contributed by atoms with van der Waals surface area (Å²) in [5.41, 5.74) is 7.22. The quantitative estimate of drug-likeness (QED) is 0.629. The van der Waals surface area contributed by atoms with Crippen molar-refractivity contribution in [1.82, 2.24) is 4.98 Å². The van der Waals surface area contributed by atoms with E-state index in [-0.39, 0.29) is 30.5 Å². The third-order valence-electron chi connectivity index (χ3n) is 6.90. The molecule has 1 aromatic carbocycles. The number of piperidine rings is 2. The molecular weight excluding hydrogens is 455 g/mol. The van der Waals surface area contributed by atoms with Crippen molar-refractivity contribution in [3.63, 3.8) is 0 Å². The van der Waals surface area contributed by atoms with Gasteiger partial charge in [-0.05, 0) is 56.0 Å². The molecule has 2 fully saturated rings. The molecule has 35 heavy (non-hydrogen) atoms. The van der Waals surface area contributed by atoms with Crippen molar-refractivity contribution >= 4 is 17.7 Å². The molecule has 2 aromatic rings. The predicted octanol–water partition coefficient (Wildman–Crippen LogP) is 4.54. The van der Waals surface area contributed by atoms with E-state index in [0.29, 0.717) is 18.8 Å². The molecular formula is C26H31F3N5O+. The number of rotatable bonds is 5. The van der Waals surface area contributed by atoms with Crippen LogP contribution in [0.3, 0.4) is 0 Å². The predicted molar refractivity (Wildman–Crippen MR) is 131 cm³/mol. The van der Waals surface area contributed by atoms with E-state index < -0.39 is 11.7 Å². The molecule has 6 nitrogen and oxygen atoms in total. The van der Waals surface area contributed by atoms with Crippen molar-refractivity contribution < 1.29 is 18.0 Å². The average Bonchev–Trinajstić information content (AvgIpc) is 2.89. The van der Waals surface area contributed by atoms with E-state index in [4.69, 9.17) is 10.7 Å². The zero-order chi connectivity index (χ0) is 24.8. The number of halogens is 3. The Bertz CT molecular complexity index is 1060. The number of hydrogen-bond acceptors (Lipinski definition) is 5. The largest absolute Gasteiger partial charge is 0.417 e. The molecule has 186 valence electrons. The molecule has 0 saturated carbocycles. The molecule has 0 unspecified atom stereocenters. The van der Waals surface area contributed by atoms with Crippen molar-refractivity contribution in [3.05, 3.63) is 58.2 Å². The van der Waals surface area contributed by atoms with Gasteiger partial charge in [0, 0.05) is 49.4 Å². The second kappa shape index (κ2) is 11.1. The maximum atomic E-state index is 13.6. The van der Waals surface area contributed by atoms with Gasteiger partial charge in [-0.25, -0.2) is 0 Å². The molecule has 9 heteroatoms. The second-order valence-corrected chi connectivity index (χ2v) is 9.17. The number of benzene rings is 1. The Kier molecular flexibility index (Phi) is 7.91. The van der Waals surface area contributed by atoms with Crippen LogP contribution in [0.25, 0.3) is 4.85 Å². The molecule has 0 aliphatic carbocycles. The van der Waals surface area contributed by atoms with Crippen molar-refractivity contribution in [2.75, 3.05) is 49.1 Å². The van der Waals surface area contributed by atoms with Crippen LogP contribution in [0.2, 0.25) is 0 Å². The summed E-state index contributed by atoms with van der Waals surface area (Å²) in [6.45, 7) is 3.54. The summed E-state index contributed by atoms with van der Waals surface area (Å²) in [6.07, 6.45) is 1.87. The maximum Gasteiger partial charge on any atom is 0.417 e. The van der Waals surface area contributed by atoms with Crippen LogP contribution in [0.5, 0.6) is 0 Å². The van der Waals surface area contributed by atoms with Crippen molar-refractivity contribution in [1.29, 1.82) is 0 Å². The first-order valence-electron chi connectivity index (χ1n) is 12.1. The van der Waals surface area contributed by atoms with Gasteiger partial charge < -0.3 is 20.3 Å². The molecule has 2 saturated heterocycles. The molecule has 0 radical (unpaired) electrons. The van der Waals surface area contributed by atoms with E-state index in [0.717, 1.165) is 56.4 Å². The van der Waals surface area contributed by atoms with Gasteiger partial charge in [0.15, 0.2) is 0 Å². The van der Waals surface area contributed by atoms with Gasteiger partial charge in [0.25, 0.3) is 6.54 Å². The fraction of sp³-hybridized carbons (Fsp3) is 0.500. The Morgan fingerprint density at radius 2 is 1.69 bits per heavy atom. The number of carbonyl (C=O) groups is 1. The number of nitrogens with zero attached hydrogens (tertiary/aromatic N) is 4. The fourth-order valence-corrected chi connectivity index (χ4v) is 4.82. The summed E-state index contributed by atoms with van der Waals surface area (Å²) >= 11 is 0. The Morgan fingerprint density at radius 3 is 2.29 bits per heavy atom. The highest BCUT2D eigenvalue weighted by atomic mass is 19.4. The Morgan fingerprint density at radius 1 is 1.03 bits per heavy atom. The first-order chi connectivity index (χ1) is 16.9. The minimum atomic E-state index is -4.48. The monoisotopic (exact) mass is 486 g/mol. The smallest absolute Gasteiger partial charge is 0.371 e. The third-order valence-corrected chi connectivity index (χ3v) is 6.90. The van der Waals surface area contributed by atoms with E-state index >= 15 is 0 Å². The maximum absolute atomic E-state index is 13.6. The van der Waals surface area contributed by atoms with Crippen LogP contribution in [0.4, 0.5) is 24.5 Å². The summed E-state index contributed by atoms with van der Waals surface area (Å²) in [5.74, 6) is 0.439. The number of alkyl halides is 3. The highest BCUT2D eigenvalue weighted by Gasteiger charge is 2.35. The SMILES string of the molecule is NCC[N+]#Cc1ccc(N2CCC(c3ccc(N4CCC(C=O)CC4)cn3)CC2)cc1C(F)(F)F. The third kappa shape index (κ3) is 6.12. The molecule has 3 heterocycles. The highest BCUT2D eigenvalue weighted by molar-refractivity contribution is 5.56. The first-order valence-corrected chi connectivity index (χ1v) is 12.1. The number of pyridine rings is 1. The molecule has 1 aromatic heterocycles. The number of nitrogens with two attached hydrogens (primary N) is 1. The van der Waals surface area contributed by atoms with Crippen molar-refractivity contribution in [2.24, 2.45) is 11.7 Å². The topological polar surface area (TPSA) is 66.8 Å². The minimum absolute atomic E-state index is 0.0655. The summed E-state index contributed by atoms with van der Waals surface area (Å²) in [7, 11) is 0. The summed E-state index contributed by atoms with van der Waals surface area (Å²) in [5, 5.41) is 0. The van der Waals surface area contributed by atoms with Gasteiger partial charge in [0.05, 0.1) is 24.0 Å². The molecule has 2 N–H and O–H groups in total. The van der Waals surface area contributed by atoms with E-state index in [1.165, 1.54) is 12.1 Å². The van der Waals surface area contributed by atoms with Gasteiger partial charge in [-0.15, -0.1) is 0 Å². The van der Waals surface area contributed by atoms with Crippen molar-refractivity contribution in [2.45, 2.75) is 37.8 Å². The minimum Gasteiger partial charge on any atom is -0.371 e. The standard InChI is InChI=1S/C26H31F3N5O/c27-26(28,29)24-15-22(2-1-21(24)16-31-10-9-30)33-13-7-20(8-14-33)25-4-3-23(17-32-25)34-11-5-19(18-35)6-12-34/h1-4,15,17-20H,5-14,30H2/q+1. The lowest BCUT2D eigenvalue weighted by atomic mass is 9.92. The zero-order valence-electron chi connectivity index (χ0n) is 19.7. The van der Waals surface area contributed by atoms with Crippen LogP contribution in [0.1, 0.15) is 48.4 Å². The van der Waals surface area contributed by atoms with E-state index in [2.05, 4.69) is 27.9 Å². The van der Waals surface area contributed by atoms with Crippen LogP contribution in [0, 0.1) is 12.0 Å². The van der Waals surface area contributed by atoms with E-state index in [1.54, 1.807) is 6.07 Å². The number of carbonyl (C=O) groups excluding carboxylic acids is 1. The van der Waals surface area contributed by atoms with Crippen LogP contribution >= 0.6 is 0 Å². The zero-order valence-corrected chi connectivity index (χ0v) is 19.7. The highest BCUT2D eigenvalue weighted by Crippen LogP contribution is 2.36. The lowest BCUT2D eigenvalue weighted by Crippen LogP contribution is -2.34. The first kappa shape index (κ1) is 25.0. The number of anilines is 2. The molecule has 0 amide bonds. The summed E-state index contributed by atoms with van der Waals surface area (Å²) < 4.78 is 40.9. The van der Waals surface area contributed by atoms with Crippen LogP contribution in [-0.4, -0.2) is 50.5 Å². The fourth-order valence-electron chi connectivity index (χ4n) is 4.82. The van der Waals surface area contributed by atoms with Gasteiger partial charge in [0.1, 0.15) is 11.8 Å². The molecule has 4 rings (SSSR count). The van der Waals surface area contributed by atoms with Crippen LogP contribution in [0.15, 0.2) is 36.5 Å². The second-order valence-electron chi connectivity index (χ2n) is 9.17. The lowest BCUT2D eigenvalue weighted by Gasteiger charge is -2.34. The Hall–Kier alpha value is -3.12. The van der Waals surface area contributed by atoms with Gasteiger partial charge in [-0.2, -0.15) is 13.2 Å². The average molecular weight is 487 g/mol. The van der Waals surface area contributed by atoms with E-state index in [9.17, 15) is 18.0 Å². The summed E-state index contributed by atoms with van der Waals surface area (Å²) in [4.78, 5) is 23.8. The normalized spacial score (nSPS) is 17.7. The molecule has 0 spiro atoms. The summed E-state index contributed by atoms with van der Waals surface area (Å²) in [6, 6.07) is 11.0. The van der Waals surface area contributed by atoms with Gasteiger partial charge in [-0.1, -0.05) is 4.85 Å². The van der Waals surface area contributed by atoms with E-state index in [1.807, 2.05) is 11.1 Å². The molecule has 2 aliphatic heterocycles. The Labute approximate surface area is 203 Å². The van der Waals surface area contributed by atoms with Gasteiger partial charge in [0.2, 0.25) is 0 Å². The molecule has 0 atom stereocenters.